The molecule has 1 heterocycles. The number of aliphatic carboxylic acids is 1. The van der Waals surface area contributed by atoms with E-state index in [1.54, 1.807) is 0 Å². The zero-order valence-corrected chi connectivity index (χ0v) is 18.3. The Morgan fingerprint density at radius 3 is 2.32 bits per heavy atom. The smallest absolute Gasteiger partial charge is 0.303 e. The summed E-state index contributed by atoms with van der Waals surface area (Å²) < 4.78 is 0. The van der Waals surface area contributed by atoms with Crippen LogP contribution in [0.25, 0.3) is 6.08 Å². The second-order valence-electron chi connectivity index (χ2n) is 7.83. The number of carboxylic acids is 1. The molecule has 5 nitrogen and oxygen atoms in total. The number of fused-ring (bicyclic) bond motifs is 1. The van der Waals surface area contributed by atoms with Gasteiger partial charge in [0.05, 0.1) is 18.2 Å². The summed E-state index contributed by atoms with van der Waals surface area (Å²) in [6, 6.07) is 14.8. The van der Waals surface area contributed by atoms with Gasteiger partial charge in [-0.25, -0.2) is 5.01 Å². The third-order valence-corrected chi connectivity index (χ3v) is 6.24. The van der Waals surface area contributed by atoms with Crippen LogP contribution in [0.15, 0.2) is 59.2 Å². The molecule has 7 heteroatoms. The van der Waals surface area contributed by atoms with Crippen molar-refractivity contribution in [3.05, 3.63) is 75.3 Å². The molecule has 0 spiro atoms. The number of allylic oxidation sites excluding steroid dienone is 1. The summed E-state index contributed by atoms with van der Waals surface area (Å²) in [5.41, 5.74) is 3.99. The van der Waals surface area contributed by atoms with E-state index in [0.717, 1.165) is 41.7 Å². The molecule has 4 rings (SSSR count). The van der Waals surface area contributed by atoms with Crippen LogP contribution in [0.4, 0.5) is 0 Å². The number of halogens is 2. The number of benzene rings is 2. The van der Waals surface area contributed by atoms with Crippen molar-refractivity contribution in [3.63, 3.8) is 0 Å². The van der Waals surface area contributed by atoms with Crippen molar-refractivity contribution < 1.29 is 14.7 Å². The highest BCUT2D eigenvalue weighted by molar-refractivity contribution is 6.30. The van der Waals surface area contributed by atoms with Crippen molar-refractivity contribution in [2.24, 2.45) is 11.0 Å². The van der Waals surface area contributed by atoms with Crippen LogP contribution in [-0.4, -0.2) is 27.7 Å². The maximum Gasteiger partial charge on any atom is 0.303 e. The Morgan fingerprint density at radius 2 is 1.68 bits per heavy atom. The normalized spacial score (nSPS) is 21.7. The van der Waals surface area contributed by atoms with Crippen LogP contribution in [0.1, 0.15) is 49.3 Å². The van der Waals surface area contributed by atoms with Crippen LogP contribution in [0.5, 0.6) is 0 Å². The number of hydrogen-bond acceptors (Lipinski definition) is 3. The molecule has 160 valence electrons. The van der Waals surface area contributed by atoms with E-state index < -0.39 is 5.97 Å². The highest BCUT2D eigenvalue weighted by Gasteiger charge is 2.43. The number of carbonyl (C=O) groups excluding carboxylic acids is 1. The van der Waals surface area contributed by atoms with Crippen LogP contribution in [0.2, 0.25) is 10.0 Å². The fourth-order valence-corrected chi connectivity index (χ4v) is 4.54. The lowest BCUT2D eigenvalue weighted by Crippen LogP contribution is -2.32. The van der Waals surface area contributed by atoms with E-state index in [9.17, 15) is 9.59 Å². The van der Waals surface area contributed by atoms with Crippen LogP contribution >= 0.6 is 23.2 Å². The minimum atomic E-state index is -0.996. The van der Waals surface area contributed by atoms with Crippen LogP contribution in [0.3, 0.4) is 0 Å². The fraction of sp³-hybridized carbons (Fsp3) is 0.292. The van der Waals surface area contributed by atoms with Gasteiger partial charge in [-0.3, -0.25) is 9.59 Å². The predicted molar refractivity (Wildman–Crippen MR) is 122 cm³/mol. The minimum absolute atomic E-state index is 0.0576. The molecule has 31 heavy (non-hydrogen) atoms. The Hall–Kier alpha value is -2.63. The lowest BCUT2D eigenvalue weighted by atomic mass is 9.77. The molecule has 0 radical (unpaired) electrons. The highest BCUT2D eigenvalue weighted by atomic mass is 35.5. The average molecular weight is 457 g/mol. The fourth-order valence-electron chi connectivity index (χ4n) is 4.29. The Kier molecular flexibility index (Phi) is 6.44. The van der Waals surface area contributed by atoms with E-state index in [1.807, 2.05) is 48.5 Å². The second-order valence-corrected chi connectivity index (χ2v) is 8.71. The second kappa shape index (κ2) is 9.25. The maximum absolute atomic E-state index is 12.9. The van der Waals surface area contributed by atoms with Gasteiger partial charge in [0.15, 0.2) is 0 Å². The number of carboxylic acid groups (broad SMARTS) is 1. The summed E-state index contributed by atoms with van der Waals surface area (Å²) in [5.74, 6) is -1.22. The van der Waals surface area contributed by atoms with Crippen molar-refractivity contribution in [1.82, 2.24) is 5.01 Å². The highest BCUT2D eigenvalue weighted by Crippen LogP contribution is 2.44. The minimum Gasteiger partial charge on any atom is -0.481 e. The lowest BCUT2D eigenvalue weighted by molar-refractivity contribution is -0.141. The van der Waals surface area contributed by atoms with Crippen LogP contribution < -0.4 is 0 Å². The van der Waals surface area contributed by atoms with Crippen molar-refractivity contribution in [2.75, 3.05) is 0 Å². The molecule has 0 bridgehead atoms. The largest absolute Gasteiger partial charge is 0.481 e. The molecular weight excluding hydrogens is 435 g/mol. The molecule has 2 atom stereocenters. The van der Waals surface area contributed by atoms with Gasteiger partial charge in [-0.1, -0.05) is 47.5 Å². The van der Waals surface area contributed by atoms with Gasteiger partial charge < -0.3 is 5.11 Å². The van der Waals surface area contributed by atoms with E-state index in [2.05, 4.69) is 6.08 Å². The molecule has 1 amide bonds. The topological polar surface area (TPSA) is 70.0 Å². The lowest BCUT2D eigenvalue weighted by Gasteiger charge is -2.29. The Labute approximate surface area is 191 Å². The first-order chi connectivity index (χ1) is 14.9. The molecule has 1 N–H and O–H groups in total. The third-order valence-electron chi connectivity index (χ3n) is 5.73. The van der Waals surface area contributed by atoms with E-state index in [4.69, 9.17) is 33.4 Å². The molecule has 2 aromatic carbocycles. The van der Waals surface area contributed by atoms with Gasteiger partial charge in [0.1, 0.15) is 0 Å². The molecule has 1 aliphatic heterocycles. The summed E-state index contributed by atoms with van der Waals surface area (Å²) in [5, 5.41) is 16.6. The average Bonchev–Trinajstić information content (AvgIpc) is 3.15. The molecule has 2 aliphatic rings. The van der Waals surface area contributed by atoms with Gasteiger partial charge in [-0.05, 0) is 66.3 Å². The Morgan fingerprint density at radius 1 is 1.03 bits per heavy atom. The molecule has 0 aromatic heterocycles. The molecule has 1 aliphatic carbocycles. The van der Waals surface area contributed by atoms with Gasteiger partial charge in [-0.2, -0.15) is 5.10 Å². The van der Waals surface area contributed by atoms with E-state index >= 15 is 0 Å². The summed E-state index contributed by atoms with van der Waals surface area (Å²) >= 11 is 12.1. The van der Waals surface area contributed by atoms with Crippen LogP contribution in [-0.2, 0) is 9.59 Å². The molecule has 0 saturated heterocycles. The van der Waals surface area contributed by atoms with Crippen molar-refractivity contribution in [1.29, 1.82) is 0 Å². The SMILES string of the molecule is O=C(O)CCC(=O)N1N=C2/C(=C\c3ccc(Cl)cc3)CCC[C@H]2[C@@H]1c1ccc(Cl)cc1. The molecule has 1 saturated carbocycles. The monoisotopic (exact) mass is 456 g/mol. The van der Waals surface area contributed by atoms with Crippen molar-refractivity contribution in [2.45, 2.75) is 38.1 Å². The Bertz CT molecular complexity index is 1050. The summed E-state index contributed by atoms with van der Waals surface area (Å²) in [6.07, 6.45) is 4.58. The van der Waals surface area contributed by atoms with Crippen molar-refractivity contribution >= 4 is 46.9 Å². The first kappa shape index (κ1) is 21.6. The van der Waals surface area contributed by atoms with Gasteiger partial charge in [0.2, 0.25) is 5.91 Å². The van der Waals surface area contributed by atoms with Gasteiger partial charge in [-0.15, -0.1) is 0 Å². The quantitative estimate of drug-likeness (QED) is 0.601. The first-order valence-electron chi connectivity index (χ1n) is 10.3. The Balaban J connectivity index is 1.70. The van der Waals surface area contributed by atoms with Gasteiger partial charge in [0, 0.05) is 22.4 Å². The maximum atomic E-state index is 12.9. The number of carbonyl (C=O) groups is 2. The summed E-state index contributed by atoms with van der Waals surface area (Å²) in [4.78, 5) is 23.9. The van der Waals surface area contributed by atoms with Gasteiger partial charge >= 0.3 is 5.97 Å². The number of amides is 1. The van der Waals surface area contributed by atoms with E-state index in [-0.39, 0.29) is 30.7 Å². The molecular formula is C24H22Cl2N2O3. The number of hydrogen-bond donors (Lipinski definition) is 1. The van der Waals surface area contributed by atoms with E-state index in [0.29, 0.717) is 10.0 Å². The van der Waals surface area contributed by atoms with Crippen molar-refractivity contribution in [3.8, 4) is 0 Å². The molecule has 2 aromatic rings. The predicted octanol–water partition coefficient (Wildman–Crippen LogP) is 5.98. The number of rotatable bonds is 5. The molecule has 1 fully saturated rings. The first-order valence-corrected chi connectivity index (χ1v) is 11.0. The zero-order valence-electron chi connectivity index (χ0n) is 16.8. The molecule has 0 unspecified atom stereocenters. The van der Waals surface area contributed by atoms with E-state index in [1.165, 1.54) is 5.01 Å². The standard InChI is InChI=1S/C24H22Cl2N2O3/c25-18-8-4-15(5-9-18)14-17-2-1-3-20-23(17)27-28(21(29)12-13-22(30)31)24(20)16-6-10-19(26)11-7-16/h4-11,14,20,24H,1-3,12-13H2,(H,30,31)/b17-14-/t20-,24+/m1/s1. The zero-order chi connectivity index (χ0) is 22.0. The number of nitrogens with zero attached hydrogens (tertiary/aromatic N) is 2. The summed E-state index contributed by atoms with van der Waals surface area (Å²) in [7, 11) is 0. The van der Waals surface area contributed by atoms with Crippen LogP contribution in [0, 0.1) is 5.92 Å². The summed E-state index contributed by atoms with van der Waals surface area (Å²) in [6.45, 7) is 0. The number of hydrazone groups is 1. The third kappa shape index (κ3) is 4.83. The van der Waals surface area contributed by atoms with Gasteiger partial charge in [0.25, 0.3) is 0 Å².